The van der Waals surface area contributed by atoms with Crippen LogP contribution >= 0.6 is 0 Å². The van der Waals surface area contributed by atoms with E-state index in [-0.39, 0.29) is 0 Å². The van der Waals surface area contributed by atoms with Crippen molar-refractivity contribution in [1.82, 2.24) is 0 Å². The van der Waals surface area contributed by atoms with Gasteiger partial charge < -0.3 is 15.4 Å². The predicted octanol–water partition coefficient (Wildman–Crippen LogP) is 4.07. The minimum absolute atomic E-state index is 0.640. The SMILES string of the molecule is CCCOc1cc(N(C)C2CCCC(C)C2)ccc1N. The molecule has 2 unspecified atom stereocenters. The summed E-state index contributed by atoms with van der Waals surface area (Å²) >= 11 is 0. The van der Waals surface area contributed by atoms with Gasteiger partial charge in [-0.2, -0.15) is 0 Å². The van der Waals surface area contributed by atoms with Crippen LogP contribution in [0.15, 0.2) is 18.2 Å². The summed E-state index contributed by atoms with van der Waals surface area (Å²) in [5, 5.41) is 0. The van der Waals surface area contributed by atoms with E-state index in [0.29, 0.717) is 6.04 Å². The zero-order valence-electron chi connectivity index (χ0n) is 13.1. The number of rotatable bonds is 5. The molecule has 0 spiro atoms. The number of hydrogen-bond donors (Lipinski definition) is 1. The van der Waals surface area contributed by atoms with Crippen molar-refractivity contribution in [2.45, 2.75) is 52.0 Å². The fraction of sp³-hybridized carbons (Fsp3) is 0.647. The van der Waals surface area contributed by atoms with Crippen LogP contribution in [0.25, 0.3) is 0 Å². The topological polar surface area (TPSA) is 38.5 Å². The second-order valence-corrected chi connectivity index (χ2v) is 6.11. The molecule has 1 aromatic carbocycles. The lowest BCUT2D eigenvalue weighted by Gasteiger charge is -2.35. The Bertz CT molecular complexity index is 433. The van der Waals surface area contributed by atoms with E-state index < -0.39 is 0 Å². The first-order chi connectivity index (χ1) is 9.61. The molecule has 3 nitrogen and oxygen atoms in total. The molecule has 1 fully saturated rings. The molecule has 3 heteroatoms. The van der Waals surface area contributed by atoms with Crippen LogP contribution in [-0.2, 0) is 0 Å². The quantitative estimate of drug-likeness (QED) is 0.824. The molecule has 1 aliphatic rings. The zero-order chi connectivity index (χ0) is 14.5. The summed E-state index contributed by atoms with van der Waals surface area (Å²) in [6, 6.07) is 6.79. The molecule has 2 N–H and O–H groups in total. The molecule has 112 valence electrons. The Kier molecular flexibility index (Phi) is 5.16. The maximum absolute atomic E-state index is 5.99. The molecule has 0 radical (unpaired) electrons. The number of nitrogens with two attached hydrogens (primary N) is 1. The summed E-state index contributed by atoms with van der Waals surface area (Å²) in [5.41, 5.74) is 7.93. The monoisotopic (exact) mass is 276 g/mol. The van der Waals surface area contributed by atoms with Gasteiger partial charge in [0.2, 0.25) is 0 Å². The van der Waals surface area contributed by atoms with Crippen molar-refractivity contribution < 1.29 is 4.74 Å². The van der Waals surface area contributed by atoms with Crippen LogP contribution in [0.4, 0.5) is 11.4 Å². The molecule has 2 atom stereocenters. The van der Waals surface area contributed by atoms with Crippen LogP contribution in [0.2, 0.25) is 0 Å². The number of benzene rings is 1. The number of nitrogen functional groups attached to an aromatic ring is 1. The number of nitrogens with zero attached hydrogens (tertiary/aromatic N) is 1. The lowest BCUT2D eigenvalue weighted by atomic mass is 9.86. The third kappa shape index (κ3) is 3.59. The lowest BCUT2D eigenvalue weighted by molar-refractivity contribution is 0.318. The maximum atomic E-state index is 5.99. The van der Waals surface area contributed by atoms with Crippen molar-refractivity contribution in [2.75, 3.05) is 24.3 Å². The van der Waals surface area contributed by atoms with E-state index in [1.165, 1.54) is 31.4 Å². The Hall–Kier alpha value is -1.38. The third-order valence-electron chi connectivity index (χ3n) is 4.32. The van der Waals surface area contributed by atoms with Crippen LogP contribution in [0.1, 0.15) is 46.0 Å². The summed E-state index contributed by atoms with van der Waals surface area (Å²) in [6.45, 7) is 5.19. The number of ether oxygens (including phenoxy) is 1. The van der Waals surface area contributed by atoms with Crippen molar-refractivity contribution in [2.24, 2.45) is 5.92 Å². The minimum Gasteiger partial charge on any atom is -0.491 e. The number of anilines is 2. The van der Waals surface area contributed by atoms with Crippen LogP contribution < -0.4 is 15.4 Å². The van der Waals surface area contributed by atoms with Crippen LogP contribution in [0, 0.1) is 5.92 Å². The second-order valence-electron chi connectivity index (χ2n) is 6.11. The first-order valence-electron chi connectivity index (χ1n) is 7.87. The molecule has 1 saturated carbocycles. The first kappa shape index (κ1) is 15.0. The maximum Gasteiger partial charge on any atom is 0.144 e. The van der Waals surface area contributed by atoms with Crippen LogP contribution in [0.5, 0.6) is 5.75 Å². The molecule has 20 heavy (non-hydrogen) atoms. The van der Waals surface area contributed by atoms with Crippen molar-refractivity contribution in [1.29, 1.82) is 0 Å². The summed E-state index contributed by atoms with van der Waals surface area (Å²) in [5.74, 6) is 1.65. The van der Waals surface area contributed by atoms with Crippen molar-refractivity contribution in [3.63, 3.8) is 0 Å². The fourth-order valence-corrected chi connectivity index (χ4v) is 3.04. The molecule has 0 bridgehead atoms. The Labute approximate surface area is 123 Å². The highest BCUT2D eigenvalue weighted by atomic mass is 16.5. The molecule has 2 rings (SSSR count). The van der Waals surface area contributed by atoms with Crippen LogP contribution in [0.3, 0.4) is 0 Å². The van der Waals surface area contributed by atoms with Gasteiger partial charge in [-0.25, -0.2) is 0 Å². The van der Waals surface area contributed by atoms with E-state index in [0.717, 1.165) is 30.4 Å². The molecule has 1 aliphatic carbocycles. The molecule has 0 aromatic heterocycles. The summed E-state index contributed by atoms with van der Waals surface area (Å²) < 4.78 is 5.73. The van der Waals surface area contributed by atoms with Gasteiger partial charge in [0.25, 0.3) is 0 Å². The third-order valence-corrected chi connectivity index (χ3v) is 4.32. The average Bonchev–Trinajstić information content (AvgIpc) is 2.45. The van der Waals surface area contributed by atoms with Gasteiger partial charge >= 0.3 is 0 Å². The molecule has 0 saturated heterocycles. The number of hydrogen-bond acceptors (Lipinski definition) is 3. The first-order valence-corrected chi connectivity index (χ1v) is 7.87. The van der Waals surface area contributed by atoms with Crippen molar-refractivity contribution in [3.05, 3.63) is 18.2 Å². The van der Waals surface area contributed by atoms with Gasteiger partial charge in [0.1, 0.15) is 5.75 Å². The van der Waals surface area contributed by atoms with E-state index in [4.69, 9.17) is 10.5 Å². The normalized spacial score (nSPS) is 22.6. The Morgan fingerprint density at radius 2 is 2.15 bits per heavy atom. The van der Waals surface area contributed by atoms with E-state index in [1.807, 2.05) is 6.07 Å². The summed E-state index contributed by atoms with van der Waals surface area (Å²) in [4.78, 5) is 2.40. The molecule has 0 heterocycles. The van der Waals surface area contributed by atoms with Crippen LogP contribution in [-0.4, -0.2) is 19.7 Å². The standard InChI is InChI=1S/C17H28N2O/c1-4-10-20-17-12-15(8-9-16(17)18)19(3)14-7-5-6-13(2)11-14/h8-9,12-14H,4-7,10-11,18H2,1-3H3. The highest BCUT2D eigenvalue weighted by molar-refractivity contribution is 5.62. The molecule has 1 aromatic rings. The molecule has 0 aliphatic heterocycles. The van der Waals surface area contributed by atoms with Gasteiger partial charge in [0, 0.05) is 24.8 Å². The van der Waals surface area contributed by atoms with E-state index in [2.05, 4.69) is 37.9 Å². The smallest absolute Gasteiger partial charge is 0.144 e. The Morgan fingerprint density at radius 3 is 2.85 bits per heavy atom. The van der Waals surface area contributed by atoms with Gasteiger partial charge in [0.15, 0.2) is 0 Å². The van der Waals surface area contributed by atoms with Crippen molar-refractivity contribution in [3.8, 4) is 5.75 Å². The largest absolute Gasteiger partial charge is 0.491 e. The summed E-state index contributed by atoms with van der Waals surface area (Å²) in [7, 11) is 2.19. The van der Waals surface area contributed by atoms with Gasteiger partial charge in [-0.1, -0.05) is 26.7 Å². The van der Waals surface area contributed by atoms with Gasteiger partial charge in [-0.3, -0.25) is 0 Å². The highest BCUT2D eigenvalue weighted by Gasteiger charge is 2.23. The van der Waals surface area contributed by atoms with Crippen molar-refractivity contribution >= 4 is 11.4 Å². The molecular formula is C17H28N2O. The van der Waals surface area contributed by atoms with Gasteiger partial charge in [0.05, 0.1) is 12.3 Å². The average molecular weight is 276 g/mol. The zero-order valence-corrected chi connectivity index (χ0v) is 13.1. The van der Waals surface area contributed by atoms with E-state index in [9.17, 15) is 0 Å². The Balaban J connectivity index is 2.10. The predicted molar refractivity (Wildman–Crippen MR) is 86.5 cm³/mol. The Morgan fingerprint density at radius 1 is 1.35 bits per heavy atom. The molecule has 0 amide bonds. The van der Waals surface area contributed by atoms with E-state index >= 15 is 0 Å². The van der Waals surface area contributed by atoms with Gasteiger partial charge in [-0.15, -0.1) is 0 Å². The van der Waals surface area contributed by atoms with E-state index in [1.54, 1.807) is 0 Å². The minimum atomic E-state index is 0.640. The summed E-state index contributed by atoms with van der Waals surface area (Å²) in [6.07, 6.45) is 6.28. The molecular weight excluding hydrogens is 248 g/mol. The second kappa shape index (κ2) is 6.87. The highest BCUT2D eigenvalue weighted by Crippen LogP contribution is 2.33. The lowest BCUT2D eigenvalue weighted by Crippen LogP contribution is -2.35. The van der Waals surface area contributed by atoms with Gasteiger partial charge in [-0.05, 0) is 37.3 Å². The fourth-order valence-electron chi connectivity index (χ4n) is 3.04.